The van der Waals surface area contributed by atoms with E-state index in [0.717, 1.165) is 21.1 Å². The second-order valence-electron chi connectivity index (χ2n) is 2.64. The van der Waals surface area contributed by atoms with Gasteiger partial charge in [-0.1, -0.05) is 12.1 Å². The van der Waals surface area contributed by atoms with Gasteiger partial charge in [0.1, 0.15) is 0 Å². The topological polar surface area (TPSA) is 50.9 Å². The van der Waals surface area contributed by atoms with Crippen LogP contribution in [0.4, 0.5) is 5.69 Å². The number of hydrogen-bond acceptors (Lipinski definition) is 3. The molecule has 0 atom stereocenters. The highest BCUT2D eigenvalue weighted by Gasteiger charge is 2.02. The second-order valence-corrected chi connectivity index (χ2v) is 3.49. The Morgan fingerprint density at radius 1 is 1.31 bits per heavy atom. The maximum Gasteiger partial charge on any atom is 0.0865 e. The van der Waals surface area contributed by atoms with Crippen molar-refractivity contribution in [2.45, 2.75) is 0 Å². The molecule has 0 spiro atoms. The van der Waals surface area contributed by atoms with Crippen LogP contribution in [0.1, 0.15) is 0 Å². The third kappa shape index (κ3) is 1.38. The van der Waals surface area contributed by atoms with Crippen LogP contribution < -0.4 is 11.3 Å². The fourth-order valence-electron chi connectivity index (χ4n) is 1.27. The van der Waals surface area contributed by atoms with Crippen molar-refractivity contribution in [3.05, 3.63) is 34.9 Å². The summed E-state index contributed by atoms with van der Waals surface area (Å²) in [5.74, 6) is 5.37. The molecule has 0 bridgehead atoms. The van der Waals surface area contributed by atoms with Gasteiger partial charge in [-0.2, -0.15) is 0 Å². The van der Waals surface area contributed by atoms with E-state index in [4.69, 9.17) is 5.84 Å². The van der Waals surface area contributed by atoms with Gasteiger partial charge in [-0.15, -0.1) is 0 Å². The van der Waals surface area contributed by atoms with Crippen molar-refractivity contribution in [1.82, 2.24) is 4.98 Å². The summed E-state index contributed by atoms with van der Waals surface area (Å²) >= 11 is 3.43. The highest BCUT2D eigenvalue weighted by atomic mass is 79.9. The molecule has 3 N–H and O–H groups in total. The predicted molar refractivity (Wildman–Crippen MR) is 57.3 cm³/mol. The van der Waals surface area contributed by atoms with Gasteiger partial charge in [-0.05, 0) is 28.1 Å². The van der Waals surface area contributed by atoms with Crippen molar-refractivity contribution < 1.29 is 0 Å². The van der Waals surface area contributed by atoms with Crippen LogP contribution in [0, 0.1) is 0 Å². The molecule has 1 aromatic heterocycles. The number of halogens is 1. The average molecular weight is 238 g/mol. The van der Waals surface area contributed by atoms with Crippen molar-refractivity contribution in [2.24, 2.45) is 5.84 Å². The zero-order valence-corrected chi connectivity index (χ0v) is 8.38. The molecule has 66 valence electrons. The number of aromatic nitrogens is 1. The molecule has 0 saturated heterocycles. The van der Waals surface area contributed by atoms with E-state index in [2.05, 4.69) is 26.3 Å². The van der Waals surface area contributed by atoms with E-state index in [1.807, 2.05) is 24.3 Å². The lowest BCUT2D eigenvalue weighted by molar-refractivity contribution is 1.33. The molecular formula is C9H8BrN3. The molecule has 0 aliphatic heterocycles. The van der Waals surface area contributed by atoms with Gasteiger partial charge in [0.05, 0.1) is 11.2 Å². The molecule has 0 amide bonds. The molecule has 0 aliphatic carbocycles. The van der Waals surface area contributed by atoms with E-state index in [0.29, 0.717) is 0 Å². The Morgan fingerprint density at radius 3 is 2.92 bits per heavy atom. The predicted octanol–water partition coefficient (Wildman–Crippen LogP) is 2.28. The molecule has 0 saturated carbocycles. The van der Waals surface area contributed by atoms with Gasteiger partial charge in [-0.3, -0.25) is 10.8 Å². The number of hydrazine groups is 1. The summed E-state index contributed by atoms with van der Waals surface area (Å²) in [7, 11) is 0. The number of benzene rings is 1. The van der Waals surface area contributed by atoms with Crippen molar-refractivity contribution >= 4 is 32.5 Å². The van der Waals surface area contributed by atoms with Crippen LogP contribution in [0.5, 0.6) is 0 Å². The van der Waals surface area contributed by atoms with Gasteiger partial charge in [-0.25, -0.2) is 0 Å². The minimum atomic E-state index is 0.881. The number of nitrogens with two attached hydrogens (primary N) is 1. The molecule has 1 heterocycles. The highest BCUT2D eigenvalue weighted by molar-refractivity contribution is 9.10. The Morgan fingerprint density at radius 2 is 2.15 bits per heavy atom. The zero-order chi connectivity index (χ0) is 9.26. The lowest BCUT2D eigenvalue weighted by atomic mass is 10.2. The Hall–Kier alpha value is -1.13. The Bertz CT molecular complexity index is 442. The summed E-state index contributed by atoms with van der Waals surface area (Å²) in [4.78, 5) is 4.25. The van der Waals surface area contributed by atoms with Gasteiger partial charge in [0.2, 0.25) is 0 Å². The number of anilines is 1. The van der Waals surface area contributed by atoms with Gasteiger partial charge in [0.25, 0.3) is 0 Å². The minimum absolute atomic E-state index is 0.881. The fourth-order valence-corrected chi connectivity index (χ4v) is 1.73. The molecule has 3 nitrogen and oxygen atoms in total. The molecule has 2 rings (SSSR count). The van der Waals surface area contributed by atoms with E-state index in [-0.39, 0.29) is 0 Å². The van der Waals surface area contributed by atoms with Crippen LogP contribution >= 0.6 is 15.9 Å². The van der Waals surface area contributed by atoms with E-state index < -0.39 is 0 Å². The lowest BCUT2D eigenvalue weighted by Crippen LogP contribution is -2.07. The first kappa shape index (κ1) is 8.47. The first-order valence-corrected chi connectivity index (χ1v) is 4.62. The molecule has 13 heavy (non-hydrogen) atoms. The van der Waals surface area contributed by atoms with Gasteiger partial charge < -0.3 is 5.43 Å². The first-order chi connectivity index (χ1) is 6.33. The molecule has 2 aromatic rings. The molecule has 0 unspecified atom stereocenters. The maximum absolute atomic E-state index is 5.37. The normalized spacial score (nSPS) is 10.3. The number of fused-ring (bicyclic) bond motifs is 1. The van der Waals surface area contributed by atoms with Crippen molar-refractivity contribution in [2.75, 3.05) is 5.43 Å². The minimum Gasteiger partial charge on any atom is -0.323 e. The summed E-state index contributed by atoms with van der Waals surface area (Å²) < 4.78 is 0.974. The van der Waals surface area contributed by atoms with Crippen LogP contribution in [0.3, 0.4) is 0 Å². The van der Waals surface area contributed by atoms with Crippen molar-refractivity contribution in [3.8, 4) is 0 Å². The number of hydrogen-bond donors (Lipinski definition) is 2. The largest absolute Gasteiger partial charge is 0.323 e. The summed E-state index contributed by atoms with van der Waals surface area (Å²) in [5, 5.41) is 1.01. The Kier molecular flexibility index (Phi) is 2.16. The first-order valence-electron chi connectivity index (χ1n) is 3.83. The maximum atomic E-state index is 5.37. The third-order valence-corrected chi connectivity index (χ3v) is 2.52. The molecule has 0 radical (unpaired) electrons. The molecule has 0 aliphatic rings. The smallest absolute Gasteiger partial charge is 0.0865 e. The number of para-hydroxylation sites is 1. The highest BCUT2D eigenvalue weighted by Crippen LogP contribution is 2.26. The summed E-state index contributed by atoms with van der Waals surface area (Å²) in [6.45, 7) is 0. The number of rotatable bonds is 1. The van der Waals surface area contributed by atoms with E-state index in [1.54, 1.807) is 6.20 Å². The van der Waals surface area contributed by atoms with E-state index in [9.17, 15) is 0 Å². The van der Waals surface area contributed by atoms with Crippen LogP contribution in [0.2, 0.25) is 0 Å². The van der Waals surface area contributed by atoms with Crippen molar-refractivity contribution in [1.29, 1.82) is 0 Å². The number of pyridine rings is 1. The van der Waals surface area contributed by atoms with Gasteiger partial charge in [0.15, 0.2) is 0 Å². The van der Waals surface area contributed by atoms with Crippen LogP contribution in [0.15, 0.2) is 34.9 Å². The van der Waals surface area contributed by atoms with Gasteiger partial charge in [0, 0.05) is 16.1 Å². The third-order valence-electron chi connectivity index (χ3n) is 1.88. The van der Waals surface area contributed by atoms with E-state index >= 15 is 0 Å². The zero-order valence-electron chi connectivity index (χ0n) is 6.79. The van der Waals surface area contributed by atoms with Crippen LogP contribution in [-0.2, 0) is 0 Å². The number of nitrogens with zero attached hydrogens (tertiary/aromatic N) is 1. The van der Waals surface area contributed by atoms with Crippen LogP contribution in [0.25, 0.3) is 10.9 Å². The van der Waals surface area contributed by atoms with E-state index in [1.165, 1.54) is 0 Å². The second kappa shape index (κ2) is 3.32. The van der Waals surface area contributed by atoms with Crippen LogP contribution in [-0.4, -0.2) is 4.98 Å². The molecule has 4 heteroatoms. The molecule has 1 aromatic carbocycles. The summed E-state index contributed by atoms with van der Waals surface area (Å²) in [6, 6.07) is 7.72. The molecule has 0 fully saturated rings. The lowest BCUT2D eigenvalue weighted by Gasteiger charge is -2.05. The van der Waals surface area contributed by atoms with Crippen molar-refractivity contribution in [3.63, 3.8) is 0 Å². The molecular weight excluding hydrogens is 230 g/mol. The Balaban J connectivity index is 2.84. The van der Waals surface area contributed by atoms with Gasteiger partial charge >= 0.3 is 0 Å². The fraction of sp³-hybridized carbons (Fsp3) is 0. The number of nitrogens with one attached hydrogen (secondary N) is 1. The SMILES string of the molecule is NNc1ccnc2c(Br)cccc12. The standard InChI is InChI=1S/C9H8BrN3/c10-7-3-1-2-6-8(13-11)4-5-12-9(6)7/h1-5H,11H2,(H,12,13). The summed E-state index contributed by atoms with van der Waals surface area (Å²) in [5.41, 5.74) is 4.43. The number of nitrogen functional groups attached to an aromatic ring is 1. The quantitative estimate of drug-likeness (QED) is 0.591. The average Bonchev–Trinajstić information content (AvgIpc) is 2.18. The monoisotopic (exact) mass is 237 g/mol. The Labute approximate surface area is 84.1 Å². The summed E-state index contributed by atoms with van der Waals surface area (Å²) in [6.07, 6.45) is 1.72.